The molecule has 0 fully saturated rings. The number of ether oxygens (including phenoxy) is 1. The highest BCUT2D eigenvalue weighted by Crippen LogP contribution is 2.16. The molecule has 88 valence electrons. The predicted octanol–water partition coefficient (Wildman–Crippen LogP) is 1.74. The van der Waals surface area contributed by atoms with Gasteiger partial charge in [0.2, 0.25) is 0 Å². The SMILES string of the molecule is CCCNC(=O)COC(=O)c1sccc1C. The van der Waals surface area contributed by atoms with Crippen LogP contribution in [0.25, 0.3) is 0 Å². The Balaban J connectivity index is 2.36. The van der Waals surface area contributed by atoms with Crippen LogP contribution in [-0.4, -0.2) is 25.0 Å². The quantitative estimate of drug-likeness (QED) is 0.799. The first-order valence-electron chi connectivity index (χ1n) is 5.13. The van der Waals surface area contributed by atoms with E-state index >= 15 is 0 Å². The Hall–Kier alpha value is -1.36. The summed E-state index contributed by atoms with van der Waals surface area (Å²) in [5.41, 5.74) is 0.879. The molecule has 0 aliphatic rings. The lowest BCUT2D eigenvalue weighted by atomic mass is 10.3. The molecule has 0 aromatic carbocycles. The van der Waals surface area contributed by atoms with Crippen LogP contribution in [0.3, 0.4) is 0 Å². The standard InChI is InChI=1S/C11H15NO3S/c1-3-5-12-9(13)7-15-11(14)10-8(2)4-6-16-10/h4,6H,3,5,7H2,1-2H3,(H,12,13). The van der Waals surface area contributed by atoms with Gasteiger partial charge in [-0.05, 0) is 30.4 Å². The van der Waals surface area contributed by atoms with Crippen LogP contribution >= 0.6 is 11.3 Å². The third kappa shape index (κ3) is 3.66. The highest BCUT2D eigenvalue weighted by molar-refractivity contribution is 7.12. The summed E-state index contributed by atoms with van der Waals surface area (Å²) in [5.74, 6) is -0.691. The van der Waals surface area contributed by atoms with Gasteiger partial charge in [0, 0.05) is 6.54 Å². The second-order valence-corrected chi connectivity index (χ2v) is 4.27. The molecular weight excluding hydrogens is 226 g/mol. The minimum absolute atomic E-state index is 0.212. The Kier molecular flexibility index (Phi) is 4.98. The van der Waals surface area contributed by atoms with Crippen LogP contribution in [0.1, 0.15) is 28.6 Å². The van der Waals surface area contributed by atoms with Gasteiger partial charge in [-0.2, -0.15) is 0 Å². The molecule has 1 N–H and O–H groups in total. The van der Waals surface area contributed by atoms with Gasteiger partial charge in [-0.15, -0.1) is 11.3 Å². The molecule has 5 heteroatoms. The van der Waals surface area contributed by atoms with Crippen LogP contribution in [0.4, 0.5) is 0 Å². The summed E-state index contributed by atoms with van der Waals surface area (Å²) in [4.78, 5) is 23.2. The molecule has 0 aliphatic carbocycles. The number of thiophene rings is 1. The van der Waals surface area contributed by atoms with Gasteiger partial charge >= 0.3 is 5.97 Å². The summed E-state index contributed by atoms with van der Waals surface area (Å²) >= 11 is 1.32. The van der Waals surface area contributed by atoms with Crippen molar-refractivity contribution in [1.29, 1.82) is 0 Å². The maximum absolute atomic E-state index is 11.5. The molecule has 1 rings (SSSR count). The van der Waals surface area contributed by atoms with Crippen LogP contribution in [0.15, 0.2) is 11.4 Å². The summed E-state index contributed by atoms with van der Waals surface area (Å²) in [7, 11) is 0. The number of esters is 1. The molecule has 0 saturated carbocycles. The zero-order valence-electron chi connectivity index (χ0n) is 9.41. The molecule has 0 radical (unpaired) electrons. The molecule has 16 heavy (non-hydrogen) atoms. The van der Waals surface area contributed by atoms with Gasteiger partial charge in [0.05, 0.1) is 0 Å². The summed E-state index contributed by atoms with van der Waals surface area (Å²) in [5, 5.41) is 4.46. The van der Waals surface area contributed by atoms with Crippen LogP contribution in [0.5, 0.6) is 0 Å². The van der Waals surface area contributed by atoms with E-state index in [4.69, 9.17) is 4.74 Å². The second kappa shape index (κ2) is 6.27. The number of hydrogen-bond donors (Lipinski definition) is 1. The zero-order chi connectivity index (χ0) is 12.0. The average molecular weight is 241 g/mol. The summed E-state index contributed by atoms with van der Waals surface area (Å²) < 4.78 is 4.89. The van der Waals surface area contributed by atoms with Crippen LogP contribution in [-0.2, 0) is 9.53 Å². The topological polar surface area (TPSA) is 55.4 Å². The van der Waals surface area contributed by atoms with Gasteiger partial charge in [0.1, 0.15) is 4.88 Å². The second-order valence-electron chi connectivity index (χ2n) is 3.36. The fraction of sp³-hybridized carbons (Fsp3) is 0.455. The lowest BCUT2D eigenvalue weighted by molar-refractivity contribution is -0.124. The number of hydrogen-bond acceptors (Lipinski definition) is 4. The molecule has 0 saturated heterocycles. The summed E-state index contributed by atoms with van der Waals surface area (Å²) in [6.45, 7) is 4.19. The molecule has 0 atom stereocenters. The maximum Gasteiger partial charge on any atom is 0.349 e. The molecule has 0 aliphatic heterocycles. The third-order valence-corrected chi connectivity index (χ3v) is 2.95. The molecule has 0 unspecified atom stereocenters. The van der Waals surface area contributed by atoms with E-state index in [1.54, 1.807) is 0 Å². The van der Waals surface area contributed by atoms with Crippen LogP contribution < -0.4 is 5.32 Å². The molecule has 0 spiro atoms. The summed E-state index contributed by atoms with van der Waals surface area (Å²) in [6, 6.07) is 1.85. The first-order valence-corrected chi connectivity index (χ1v) is 6.01. The largest absolute Gasteiger partial charge is 0.451 e. The van der Waals surface area contributed by atoms with Crippen molar-refractivity contribution in [3.8, 4) is 0 Å². The van der Waals surface area contributed by atoms with E-state index in [-0.39, 0.29) is 12.5 Å². The van der Waals surface area contributed by atoms with Crippen molar-refractivity contribution >= 4 is 23.2 Å². The van der Waals surface area contributed by atoms with Crippen molar-refractivity contribution in [1.82, 2.24) is 5.32 Å². The van der Waals surface area contributed by atoms with E-state index in [1.165, 1.54) is 11.3 Å². The average Bonchev–Trinajstić information content (AvgIpc) is 2.69. The lowest BCUT2D eigenvalue weighted by Gasteiger charge is -2.04. The van der Waals surface area contributed by atoms with Gasteiger partial charge in [0.25, 0.3) is 5.91 Å². The number of carbonyl (C=O) groups is 2. The van der Waals surface area contributed by atoms with Crippen LogP contribution in [0.2, 0.25) is 0 Å². The predicted molar refractivity (Wildman–Crippen MR) is 62.6 cm³/mol. The number of amides is 1. The molecule has 1 aromatic heterocycles. The highest BCUT2D eigenvalue weighted by atomic mass is 32.1. The Morgan fingerprint density at radius 3 is 2.81 bits per heavy atom. The van der Waals surface area contributed by atoms with E-state index in [1.807, 2.05) is 25.3 Å². The Morgan fingerprint density at radius 2 is 2.25 bits per heavy atom. The molecule has 1 amide bonds. The van der Waals surface area contributed by atoms with E-state index < -0.39 is 5.97 Å². The first kappa shape index (κ1) is 12.7. The number of nitrogens with one attached hydrogen (secondary N) is 1. The van der Waals surface area contributed by atoms with Crippen LogP contribution in [0, 0.1) is 6.92 Å². The van der Waals surface area contributed by atoms with Gasteiger partial charge < -0.3 is 10.1 Å². The van der Waals surface area contributed by atoms with Crippen molar-refractivity contribution in [2.24, 2.45) is 0 Å². The fourth-order valence-corrected chi connectivity index (χ4v) is 1.91. The lowest BCUT2D eigenvalue weighted by Crippen LogP contribution is -2.29. The molecular formula is C11H15NO3S. The normalized spacial score (nSPS) is 9.88. The Morgan fingerprint density at radius 1 is 1.50 bits per heavy atom. The highest BCUT2D eigenvalue weighted by Gasteiger charge is 2.13. The Bertz CT molecular complexity index is 373. The van der Waals surface area contributed by atoms with Crippen molar-refractivity contribution < 1.29 is 14.3 Å². The Labute approximate surface area is 98.6 Å². The van der Waals surface area contributed by atoms with Crippen molar-refractivity contribution in [3.05, 3.63) is 21.9 Å². The van der Waals surface area contributed by atoms with Crippen molar-refractivity contribution in [2.75, 3.05) is 13.2 Å². The minimum Gasteiger partial charge on any atom is -0.451 e. The third-order valence-electron chi connectivity index (χ3n) is 1.95. The number of rotatable bonds is 5. The van der Waals surface area contributed by atoms with Crippen molar-refractivity contribution in [2.45, 2.75) is 20.3 Å². The van der Waals surface area contributed by atoms with Gasteiger partial charge in [0.15, 0.2) is 6.61 Å². The van der Waals surface area contributed by atoms with E-state index in [2.05, 4.69) is 5.32 Å². The molecule has 1 heterocycles. The van der Waals surface area contributed by atoms with E-state index in [0.29, 0.717) is 11.4 Å². The fourth-order valence-electron chi connectivity index (χ4n) is 1.09. The summed E-state index contributed by atoms with van der Waals surface area (Å²) in [6.07, 6.45) is 0.865. The monoisotopic (exact) mass is 241 g/mol. The maximum atomic E-state index is 11.5. The number of carbonyl (C=O) groups excluding carboxylic acids is 2. The molecule has 1 aromatic rings. The minimum atomic E-state index is -0.431. The van der Waals surface area contributed by atoms with Gasteiger partial charge in [-0.3, -0.25) is 4.79 Å². The van der Waals surface area contributed by atoms with E-state index in [9.17, 15) is 9.59 Å². The molecule has 4 nitrogen and oxygen atoms in total. The first-order chi connectivity index (χ1) is 7.65. The molecule has 0 bridgehead atoms. The van der Waals surface area contributed by atoms with Gasteiger partial charge in [-0.25, -0.2) is 4.79 Å². The van der Waals surface area contributed by atoms with Gasteiger partial charge in [-0.1, -0.05) is 6.92 Å². The smallest absolute Gasteiger partial charge is 0.349 e. The van der Waals surface area contributed by atoms with E-state index in [0.717, 1.165) is 12.0 Å². The number of aryl methyl sites for hydroxylation is 1. The zero-order valence-corrected chi connectivity index (χ0v) is 10.2. The van der Waals surface area contributed by atoms with Crippen molar-refractivity contribution in [3.63, 3.8) is 0 Å².